The summed E-state index contributed by atoms with van der Waals surface area (Å²) in [5.41, 5.74) is 1.97. The van der Waals surface area contributed by atoms with Gasteiger partial charge < -0.3 is 14.9 Å². The Morgan fingerprint density at radius 3 is 2.33 bits per heavy atom. The van der Waals surface area contributed by atoms with E-state index in [1.54, 1.807) is 12.1 Å². The molecule has 0 saturated heterocycles. The Hall–Kier alpha value is -1.79. The Morgan fingerprint density at radius 1 is 1.04 bits per heavy atom. The van der Waals surface area contributed by atoms with Gasteiger partial charge in [-0.25, -0.2) is 4.79 Å². The molecule has 1 atom stereocenters. The van der Waals surface area contributed by atoms with Crippen LogP contribution >= 0.6 is 31.9 Å². The summed E-state index contributed by atoms with van der Waals surface area (Å²) in [6, 6.07) is 7.27. The van der Waals surface area contributed by atoms with E-state index in [-0.39, 0.29) is 16.0 Å². The molecule has 2 aromatic carbocycles. The van der Waals surface area contributed by atoms with E-state index in [9.17, 15) is 15.0 Å². The summed E-state index contributed by atoms with van der Waals surface area (Å²) in [6.45, 7) is 3.96. The van der Waals surface area contributed by atoms with Gasteiger partial charge in [0, 0.05) is 17.2 Å². The highest BCUT2D eigenvalue weighted by Gasteiger charge is 2.43. The topological polar surface area (TPSA) is 66.8 Å². The number of esters is 1. The summed E-state index contributed by atoms with van der Waals surface area (Å²) in [4.78, 5) is 11.8. The average Bonchev–Trinajstić information content (AvgIpc) is 2.94. The fourth-order valence-corrected chi connectivity index (χ4v) is 3.84. The summed E-state index contributed by atoms with van der Waals surface area (Å²) >= 11 is 6.43. The van der Waals surface area contributed by atoms with Crippen LogP contribution in [0.2, 0.25) is 0 Å². The lowest BCUT2D eigenvalue weighted by atomic mass is 9.84. The fraction of sp³-hybridized carbons (Fsp3) is 0.167. The molecule has 6 heteroatoms. The third-order valence-electron chi connectivity index (χ3n) is 4.22. The minimum atomic E-state index is -1.25. The number of hydrogen-bond acceptors (Lipinski definition) is 4. The zero-order valence-corrected chi connectivity index (χ0v) is 16.1. The first kappa shape index (κ1) is 17.0. The molecule has 0 aliphatic carbocycles. The van der Waals surface area contributed by atoms with Crippen LogP contribution in [0.5, 0.6) is 11.5 Å². The molecule has 24 heavy (non-hydrogen) atoms. The van der Waals surface area contributed by atoms with Crippen molar-refractivity contribution in [1.82, 2.24) is 0 Å². The molecular formula is C18H14Br2O4. The van der Waals surface area contributed by atoms with Crippen LogP contribution in [-0.4, -0.2) is 16.2 Å². The molecule has 0 spiro atoms. The second-order valence-electron chi connectivity index (χ2n) is 5.71. The minimum absolute atomic E-state index is 0.125. The van der Waals surface area contributed by atoms with E-state index < -0.39 is 11.6 Å². The van der Waals surface area contributed by atoms with Gasteiger partial charge in [-0.05, 0) is 69.0 Å². The van der Waals surface area contributed by atoms with Gasteiger partial charge in [-0.1, -0.05) is 18.2 Å². The number of cyclic esters (lactones) is 1. The number of ether oxygens (including phenoxy) is 1. The maximum absolute atomic E-state index is 11.8. The highest BCUT2D eigenvalue weighted by atomic mass is 79.9. The fourth-order valence-electron chi connectivity index (χ4n) is 2.72. The van der Waals surface area contributed by atoms with Crippen molar-refractivity contribution >= 4 is 37.8 Å². The molecule has 0 aromatic heterocycles. The van der Waals surface area contributed by atoms with E-state index in [2.05, 4.69) is 31.9 Å². The number of aromatic hydroxyl groups is 2. The van der Waals surface area contributed by atoms with Crippen molar-refractivity contribution in [1.29, 1.82) is 0 Å². The van der Waals surface area contributed by atoms with Crippen molar-refractivity contribution in [3.63, 3.8) is 0 Å². The first-order valence-electron chi connectivity index (χ1n) is 7.16. The number of phenolic OH excluding ortho intramolecular Hbond substituents is 2. The molecule has 1 aliphatic rings. The van der Waals surface area contributed by atoms with Crippen molar-refractivity contribution < 1.29 is 19.7 Å². The van der Waals surface area contributed by atoms with E-state index in [1.165, 1.54) is 6.08 Å². The third-order valence-corrected chi connectivity index (χ3v) is 5.58. The van der Waals surface area contributed by atoms with Gasteiger partial charge in [-0.3, -0.25) is 0 Å². The molecule has 0 radical (unpaired) electrons. The van der Waals surface area contributed by atoms with E-state index in [0.717, 1.165) is 11.1 Å². The lowest BCUT2D eigenvalue weighted by Gasteiger charge is -2.29. The van der Waals surface area contributed by atoms with E-state index in [4.69, 9.17) is 4.74 Å². The van der Waals surface area contributed by atoms with Crippen LogP contribution in [-0.2, 0) is 15.1 Å². The van der Waals surface area contributed by atoms with Crippen LogP contribution in [0.4, 0.5) is 0 Å². The van der Waals surface area contributed by atoms with Crippen LogP contribution in [0, 0.1) is 13.8 Å². The van der Waals surface area contributed by atoms with Gasteiger partial charge in [0.2, 0.25) is 0 Å². The summed E-state index contributed by atoms with van der Waals surface area (Å²) in [5, 5.41) is 20.5. The van der Waals surface area contributed by atoms with Crippen molar-refractivity contribution in [3.8, 4) is 11.5 Å². The van der Waals surface area contributed by atoms with Gasteiger partial charge in [0.25, 0.3) is 0 Å². The molecule has 124 valence electrons. The van der Waals surface area contributed by atoms with Crippen LogP contribution < -0.4 is 0 Å². The number of aryl methyl sites for hydroxylation is 2. The number of halogens is 2. The summed E-state index contributed by atoms with van der Waals surface area (Å²) in [5.74, 6) is -0.805. The summed E-state index contributed by atoms with van der Waals surface area (Å²) in [7, 11) is 0. The second kappa shape index (κ2) is 5.93. The summed E-state index contributed by atoms with van der Waals surface area (Å²) < 4.78 is 6.12. The van der Waals surface area contributed by atoms with Crippen LogP contribution in [0.25, 0.3) is 0 Å². The van der Waals surface area contributed by atoms with E-state index >= 15 is 0 Å². The van der Waals surface area contributed by atoms with Gasteiger partial charge in [0.05, 0.1) is 4.47 Å². The Labute approximate surface area is 156 Å². The van der Waals surface area contributed by atoms with Gasteiger partial charge in [0.15, 0.2) is 5.60 Å². The predicted molar refractivity (Wildman–Crippen MR) is 97.1 cm³/mol. The largest absolute Gasteiger partial charge is 0.506 e. The normalized spacial score (nSPS) is 19.6. The highest BCUT2D eigenvalue weighted by Crippen LogP contribution is 2.49. The molecule has 0 fully saturated rings. The number of carbonyl (C=O) groups excluding carboxylic acids is 1. The SMILES string of the molecule is Cc1ccc(C2(c3cc(Br)c(O)c(Br)c3O)C=CC(=O)O2)cc1C. The number of rotatable bonds is 2. The second-order valence-corrected chi connectivity index (χ2v) is 7.35. The van der Waals surface area contributed by atoms with Crippen LogP contribution in [0.1, 0.15) is 22.3 Å². The zero-order valence-electron chi connectivity index (χ0n) is 12.9. The molecule has 0 saturated carbocycles. The molecule has 1 unspecified atom stereocenters. The van der Waals surface area contributed by atoms with Crippen LogP contribution in [0.3, 0.4) is 0 Å². The maximum atomic E-state index is 11.8. The van der Waals surface area contributed by atoms with Crippen molar-refractivity contribution in [2.45, 2.75) is 19.4 Å². The number of carbonyl (C=O) groups is 1. The third kappa shape index (κ3) is 2.54. The summed E-state index contributed by atoms with van der Waals surface area (Å²) in [6.07, 6.45) is 2.95. The standard InChI is InChI=1S/C18H14Br2O4/c1-9-3-4-11(7-10(9)2)18(6-5-14(21)24-18)12-8-13(19)17(23)15(20)16(12)22/h3-8,22-23H,1-2H3. The maximum Gasteiger partial charge on any atom is 0.332 e. The van der Waals surface area contributed by atoms with Crippen molar-refractivity contribution in [2.24, 2.45) is 0 Å². The number of benzene rings is 2. The Morgan fingerprint density at radius 2 is 1.75 bits per heavy atom. The highest BCUT2D eigenvalue weighted by molar-refractivity contribution is 9.11. The Balaban J connectivity index is 2.31. The lowest BCUT2D eigenvalue weighted by Crippen LogP contribution is -2.27. The molecule has 3 rings (SSSR count). The first-order chi connectivity index (χ1) is 11.3. The molecule has 0 bridgehead atoms. The van der Waals surface area contributed by atoms with E-state index in [0.29, 0.717) is 15.6 Å². The molecule has 4 nitrogen and oxygen atoms in total. The Bertz CT molecular complexity index is 889. The van der Waals surface area contributed by atoms with E-state index in [1.807, 2.05) is 32.0 Å². The number of hydrogen-bond donors (Lipinski definition) is 2. The lowest BCUT2D eigenvalue weighted by molar-refractivity contribution is -0.143. The smallest absolute Gasteiger partial charge is 0.332 e. The van der Waals surface area contributed by atoms with Crippen LogP contribution in [0.15, 0.2) is 45.4 Å². The predicted octanol–water partition coefficient (Wildman–Crippen LogP) is 4.60. The number of phenols is 2. The molecule has 0 amide bonds. The van der Waals surface area contributed by atoms with Gasteiger partial charge in [-0.15, -0.1) is 0 Å². The van der Waals surface area contributed by atoms with Gasteiger partial charge >= 0.3 is 5.97 Å². The van der Waals surface area contributed by atoms with Gasteiger partial charge in [-0.2, -0.15) is 0 Å². The molecule has 1 aliphatic heterocycles. The molecule has 2 N–H and O–H groups in total. The van der Waals surface area contributed by atoms with Gasteiger partial charge in [0.1, 0.15) is 16.0 Å². The zero-order chi connectivity index (χ0) is 17.6. The average molecular weight is 454 g/mol. The minimum Gasteiger partial charge on any atom is -0.506 e. The molecule has 2 aromatic rings. The Kier molecular flexibility index (Phi) is 4.21. The first-order valence-corrected chi connectivity index (χ1v) is 8.75. The monoisotopic (exact) mass is 452 g/mol. The van der Waals surface area contributed by atoms with Crippen molar-refractivity contribution in [2.75, 3.05) is 0 Å². The quantitative estimate of drug-likeness (QED) is 0.652. The molecular weight excluding hydrogens is 440 g/mol. The van der Waals surface area contributed by atoms with Crippen molar-refractivity contribution in [3.05, 3.63) is 67.6 Å². The molecule has 1 heterocycles.